The monoisotopic (exact) mass is 861 g/mol. The highest BCUT2D eigenvalue weighted by atomic mass is 32.3. The first-order valence-corrected chi connectivity index (χ1v) is 24.5. The summed E-state index contributed by atoms with van der Waals surface area (Å²) in [7, 11) is -4.10. The molecule has 306 valence electrons. The number of nitrogens with zero attached hydrogens (tertiary/aromatic N) is 3. The molecule has 0 unspecified atom stereocenters. The lowest BCUT2D eigenvalue weighted by atomic mass is 10.1. The zero-order valence-corrected chi connectivity index (χ0v) is 36.1. The molecule has 0 saturated heterocycles. The molecule has 10 aromatic rings. The second-order valence-corrected chi connectivity index (χ2v) is 21.6. The van der Waals surface area contributed by atoms with E-state index >= 15 is 0 Å². The Bertz CT molecular complexity index is 3050. The molecule has 9 aromatic carbocycles. The van der Waals surface area contributed by atoms with Gasteiger partial charge in [0.2, 0.25) is 0 Å². The first-order valence-electron chi connectivity index (χ1n) is 21.2. The van der Waals surface area contributed by atoms with E-state index in [1.807, 2.05) is 42.5 Å². The average Bonchev–Trinajstić information content (AvgIpc) is 3.38. The number of fused-ring (bicyclic) bond motifs is 4. The molecule has 1 aromatic heterocycles. The fraction of sp³-hybridized carbons (Fsp3) is 0. The Balaban J connectivity index is 1.13. The van der Waals surface area contributed by atoms with Crippen molar-refractivity contribution in [2.24, 2.45) is 0 Å². The zero-order valence-electron chi connectivity index (χ0n) is 34.5. The fourth-order valence-corrected chi connectivity index (χ4v) is 17.4. The highest BCUT2D eigenvalue weighted by Gasteiger charge is 2.44. The average molecular weight is 862 g/mol. The van der Waals surface area contributed by atoms with Crippen molar-refractivity contribution in [3.05, 3.63) is 237 Å². The van der Waals surface area contributed by atoms with Crippen molar-refractivity contribution in [1.29, 1.82) is 0 Å². The van der Waals surface area contributed by atoms with E-state index in [-0.39, 0.29) is 0 Å². The lowest BCUT2D eigenvalue weighted by molar-refractivity contribution is 0.453. The molecule has 64 heavy (non-hydrogen) atoms. The third-order valence-electron chi connectivity index (χ3n) is 11.9. The summed E-state index contributed by atoms with van der Waals surface area (Å²) >= 11 is 0. The third-order valence-corrected chi connectivity index (χ3v) is 19.8. The van der Waals surface area contributed by atoms with Gasteiger partial charge in [-0.1, -0.05) is 140 Å². The number of benzene rings is 9. The summed E-state index contributed by atoms with van der Waals surface area (Å²) in [5.74, 6) is 4.66. The van der Waals surface area contributed by atoms with Crippen LogP contribution in [0.5, 0.6) is 23.0 Å². The summed E-state index contributed by atoms with van der Waals surface area (Å²) in [6.45, 7) is 0. The van der Waals surface area contributed by atoms with Gasteiger partial charge in [-0.2, -0.15) is 0 Å². The highest BCUT2D eigenvalue weighted by molar-refractivity contribution is 8.34. The summed E-state index contributed by atoms with van der Waals surface area (Å²) in [4.78, 5) is 25.4. The molecule has 0 N–H and O–H groups in total. The van der Waals surface area contributed by atoms with E-state index in [1.165, 1.54) is 19.6 Å². The lowest BCUT2D eigenvalue weighted by Crippen LogP contribution is -2.13. The summed E-state index contributed by atoms with van der Waals surface area (Å²) in [5.41, 5.74) is 2.43. The number of para-hydroxylation sites is 4. The summed E-state index contributed by atoms with van der Waals surface area (Å²) in [5, 5.41) is 0. The first-order chi connectivity index (χ1) is 31.7. The maximum absolute atomic E-state index is 7.11. The number of rotatable bonds is 7. The smallest absolute Gasteiger partial charge is 0.167 e. The Morgan fingerprint density at radius 1 is 0.266 bits per heavy atom. The molecular formula is C57H39N3O2S2. The second-order valence-electron chi connectivity index (χ2n) is 15.5. The van der Waals surface area contributed by atoms with Gasteiger partial charge in [0.1, 0.15) is 11.5 Å². The van der Waals surface area contributed by atoms with Crippen molar-refractivity contribution in [3.8, 4) is 57.2 Å². The first kappa shape index (κ1) is 38.0. The van der Waals surface area contributed by atoms with E-state index in [1.54, 1.807) is 0 Å². The van der Waals surface area contributed by atoms with Crippen LogP contribution in [0.1, 0.15) is 0 Å². The van der Waals surface area contributed by atoms with E-state index in [2.05, 4.69) is 194 Å². The van der Waals surface area contributed by atoms with Crippen LogP contribution in [-0.4, -0.2) is 15.0 Å². The molecule has 2 aliphatic rings. The number of aromatic nitrogens is 3. The lowest BCUT2D eigenvalue weighted by Gasteiger charge is -2.46. The molecule has 0 amide bonds. The minimum atomic E-state index is -2.05. The van der Waals surface area contributed by atoms with Gasteiger partial charge in [-0.3, -0.25) is 0 Å². The van der Waals surface area contributed by atoms with Gasteiger partial charge in [-0.05, 0) is 97.1 Å². The molecule has 12 rings (SSSR count). The van der Waals surface area contributed by atoms with Crippen LogP contribution in [-0.2, 0) is 0 Å². The molecule has 0 aliphatic carbocycles. The Morgan fingerprint density at radius 3 is 0.969 bits per heavy atom. The van der Waals surface area contributed by atoms with Gasteiger partial charge in [0.05, 0.1) is 11.1 Å². The second kappa shape index (κ2) is 15.6. The molecule has 0 radical (unpaired) electrons. The van der Waals surface area contributed by atoms with E-state index < -0.39 is 20.1 Å². The Kier molecular flexibility index (Phi) is 9.25. The molecule has 2 aliphatic heterocycles. The van der Waals surface area contributed by atoms with Crippen LogP contribution in [0.2, 0.25) is 0 Å². The normalized spacial score (nSPS) is 14.8. The van der Waals surface area contributed by atoms with Crippen molar-refractivity contribution >= 4 is 20.1 Å². The van der Waals surface area contributed by atoms with Gasteiger partial charge in [0.25, 0.3) is 0 Å². The summed E-state index contributed by atoms with van der Waals surface area (Å²) in [6, 6.07) is 83.2. The molecule has 7 heteroatoms. The fourth-order valence-electron chi connectivity index (χ4n) is 9.23. The maximum atomic E-state index is 7.11. The van der Waals surface area contributed by atoms with Crippen LogP contribution in [0.3, 0.4) is 0 Å². The molecule has 0 bridgehead atoms. The van der Waals surface area contributed by atoms with Crippen molar-refractivity contribution in [1.82, 2.24) is 15.0 Å². The highest BCUT2D eigenvalue weighted by Crippen LogP contribution is 2.81. The minimum Gasteiger partial charge on any atom is -0.454 e. The van der Waals surface area contributed by atoms with E-state index in [0.29, 0.717) is 17.5 Å². The molecule has 5 nitrogen and oxygen atoms in total. The van der Waals surface area contributed by atoms with Gasteiger partial charge in [0.15, 0.2) is 29.0 Å². The number of hydrogen-bond donors (Lipinski definition) is 0. The number of ether oxygens (including phenoxy) is 2. The molecule has 0 fully saturated rings. The van der Waals surface area contributed by atoms with E-state index in [9.17, 15) is 0 Å². The third kappa shape index (κ3) is 5.85. The largest absolute Gasteiger partial charge is 0.454 e. The van der Waals surface area contributed by atoms with Gasteiger partial charge >= 0.3 is 0 Å². The van der Waals surface area contributed by atoms with Crippen LogP contribution in [0, 0.1) is 0 Å². The van der Waals surface area contributed by atoms with Crippen LogP contribution >= 0.6 is 20.1 Å². The van der Waals surface area contributed by atoms with E-state index in [0.717, 1.165) is 59.3 Å². The Morgan fingerprint density at radius 2 is 0.578 bits per heavy atom. The van der Waals surface area contributed by atoms with Gasteiger partial charge in [-0.15, -0.1) is 20.1 Å². The van der Waals surface area contributed by atoms with Crippen molar-refractivity contribution in [3.63, 3.8) is 0 Å². The molecule has 0 atom stereocenters. The molecule has 0 spiro atoms. The van der Waals surface area contributed by atoms with Gasteiger partial charge in [-0.25, -0.2) is 15.0 Å². The zero-order chi connectivity index (χ0) is 42.5. The predicted octanol–water partition coefficient (Wildman–Crippen LogP) is 15.8. The van der Waals surface area contributed by atoms with Crippen molar-refractivity contribution in [2.45, 2.75) is 39.2 Å². The van der Waals surface area contributed by atoms with Crippen LogP contribution in [0.15, 0.2) is 276 Å². The minimum absolute atomic E-state index is 0.507. The topological polar surface area (TPSA) is 57.1 Å². The molecule has 0 saturated carbocycles. The maximum Gasteiger partial charge on any atom is 0.167 e. The van der Waals surface area contributed by atoms with Crippen molar-refractivity contribution < 1.29 is 9.47 Å². The number of hydrogen-bond acceptors (Lipinski definition) is 5. The van der Waals surface area contributed by atoms with Gasteiger partial charge in [0, 0.05) is 44.7 Å². The summed E-state index contributed by atoms with van der Waals surface area (Å²) < 4.78 is 14.2. The SMILES string of the molecule is c1ccc(-c2nc(-c3cccc4c3Oc3ccccc3S4(c3ccccc3)c3ccccc3)nc(-c3cccc4c3Oc3ccccc3S4(c3ccccc3)c3ccccc3)n2)cc1. The molecule has 3 heterocycles. The van der Waals surface area contributed by atoms with Gasteiger partial charge < -0.3 is 9.47 Å². The van der Waals surface area contributed by atoms with Crippen LogP contribution in [0.4, 0.5) is 0 Å². The van der Waals surface area contributed by atoms with Crippen LogP contribution in [0.25, 0.3) is 34.2 Å². The quantitative estimate of drug-likeness (QED) is 0.160. The Hall–Kier alpha value is -7.71. The predicted molar refractivity (Wildman–Crippen MR) is 256 cm³/mol. The standard InChI is InChI=1S/C57H39N3O2S2/c1-6-22-40(23-7-1)55-58-56(45-32-20-38-51-53(45)61-47-34-16-18-36-49(47)63(51,41-24-8-2-9-25-41)42-26-10-3-11-27-42)60-57(59-55)46-33-21-39-52-54(46)62-48-35-17-19-37-50(48)64(52,43-28-12-4-13-29-43)44-30-14-5-15-31-44/h1-39H. The van der Waals surface area contributed by atoms with Crippen molar-refractivity contribution in [2.75, 3.05) is 0 Å². The van der Waals surface area contributed by atoms with E-state index in [4.69, 9.17) is 24.4 Å². The van der Waals surface area contributed by atoms with Crippen LogP contribution < -0.4 is 9.47 Å². The molecular weight excluding hydrogens is 823 g/mol. The Labute approximate surface area is 375 Å². The summed E-state index contributed by atoms with van der Waals surface area (Å²) in [6.07, 6.45) is 0.